The van der Waals surface area contributed by atoms with Gasteiger partial charge in [-0.2, -0.15) is 0 Å². The molecule has 1 saturated carbocycles. The number of hydrogen-bond donors (Lipinski definition) is 2. The van der Waals surface area contributed by atoms with E-state index in [4.69, 9.17) is 24.2 Å². The third-order valence-electron chi connectivity index (χ3n) is 14.9. The smallest absolute Gasteiger partial charge is 0.269 e. The number of aldehydes is 1. The number of fused-ring (bicyclic) bond motifs is 2. The van der Waals surface area contributed by atoms with Crippen molar-refractivity contribution in [1.82, 2.24) is 4.90 Å². The van der Waals surface area contributed by atoms with Gasteiger partial charge in [0.05, 0.1) is 23.2 Å². The SMILES string of the molecule is C=CCO[C@@]12Oc3ccc(Oc4cccc(C=O)c4)cc3[C@H]3[C@H](CCCCO)[C@@H](CCCCO)C=C(C(=NOCc4ccc([N+](=O)[O-])cc4)C[C@@H]1N(Cc1ccc(F)cc1)C(=O)CCCCCCCCCCC)[C@H]32. The van der Waals surface area contributed by atoms with Crippen LogP contribution in [0.4, 0.5) is 10.1 Å². The van der Waals surface area contributed by atoms with Crippen LogP contribution in [0.3, 0.4) is 0 Å². The van der Waals surface area contributed by atoms with Crippen LogP contribution in [0.15, 0.2) is 120 Å². The summed E-state index contributed by atoms with van der Waals surface area (Å²) in [6, 6.07) is 24.2. The van der Waals surface area contributed by atoms with E-state index in [0.29, 0.717) is 53.3 Å². The van der Waals surface area contributed by atoms with Crippen LogP contribution in [-0.4, -0.2) is 69.6 Å². The predicted molar refractivity (Wildman–Crippen MR) is 284 cm³/mol. The fourth-order valence-electron chi connectivity index (χ4n) is 11.3. The van der Waals surface area contributed by atoms with Crippen molar-refractivity contribution < 1.29 is 48.2 Å². The number of rotatable bonds is 31. The topological polar surface area (TPSA) is 170 Å². The van der Waals surface area contributed by atoms with Gasteiger partial charge in [-0.3, -0.25) is 19.7 Å². The molecule has 396 valence electrons. The van der Waals surface area contributed by atoms with Crippen LogP contribution in [0.1, 0.15) is 149 Å². The number of nitro benzene ring substituents is 1. The molecule has 7 rings (SSSR count). The zero-order valence-corrected chi connectivity index (χ0v) is 42.9. The van der Waals surface area contributed by atoms with Gasteiger partial charge < -0.3 is 34.2 Å². The molecule has 14 heteroatoms. The molecule has 2 aliphatic carbocycles. The standard InChI is InChI=1S/C60H74FN3O10/c1-3-5-6-7-8-9-10-11-12-22-57(68)63(40-43-23-27-47(61)28-24-43)56-39-54(62-72-42-44-25-29-48(30-26-44)64(69)70)52-37-46(19-13-15-33-65)51(21-14-16-34-66)58-53-38-50(73-49-20-17-18-45(36-49)41-67)31-32-55(53)74-60(56,59(52)58)71-35-4-2/h4,17-18,20,23-32,36-38,41,46,51,56,58-59,65-66H,2-3,5-16,19,21-22,33-35,39-40,42H2,1H3/t46-,51+,56-,58+,59+,60+/m0/s1. The van der Waals surface area contributed by atoms with Gasteiger partial charge in [0.15, 0.2) is 0 Å². The van der Waals surface area contributed by atoms with E-state index in [1.54, 1.807) is 54.6 Å². The van der Waals surface area contributed by atoms with Gasteiger partial charge in [0.1, 0.15) is 42.0 Å². The summed E-state index contributed by atoms with van der Waals surface area (Å²) in [5.74, 6) is -1.49. The number of amides is 1. The number of non-ortho nitro benzene ring substituents is 1. The second kappa shape index (κ2) is 27.9. The number of ether oxygens (including phenoxy) is 3. The molecule has 1 fully saturated rings. The first kappa shape index (κ1) is 55.5. The summed E-state index contributed by atoms with van der Waals surface area (Å²) < 4.78 is 35.7. The van der Waals surface area contributed by atoms with E-state index in [0.717, 1.165) is 67.9 Å². The van der Waals surface area contributed by atoms with Crippen LogP contribution >= 0.6 is 0 Å². The van der Waals surface area contributed by atoms with Gasteiger partial charge in [-0.05, 0) is 115 Å². The molecule has 0 bridgehead atoms. The summed E-state index contributed by atoms with van der Waals surface area (Å²) in [6.07, 6.45) is 19.1. The number of carbonyl (C=O) groups excluding carboxylic acids is 2. The van der Waals surface area contributed by atoms with Gasteiger partial charge in [-0.25, -0.2) is 4.39 Å². The van der Waals surface area contributed by atoms with Crippen LogP contribution in [0.25, 0.3) is 0 Å². The summed E-state index contributed by atoms with van der Waals surface area (Å²) in [5.41, 5.74) is 4.12. The minimum absolute atomic E-state index is 0.0114. The fourth-order valence-corrected chi connectivity index (χ4v) is 11.3. The molecular formula is C60H74FN3O10. The molecule has 4 aromatic carbocycles. The normalized spacial score (nSPS) is 21.2. The Kier molecular flexibility index (Phi) is 20.9. The van der Waals surface area contributed by atoms with Crippen molar-refractivity contribution in [3.8, 4) is 17.2 Å². The summed E-state index contributed by atoms with van der Waals surface area (Å²) in [6.45, 7) is 6.58. The lowest BCUT2D eigenvalue weighted by atomic mass is 9.55. The van der Waals surface area contributed by atoms with Gasteiger partial charge in [0.25, 0.3) is 5.69 Å². The first-order valence-electron chi connectivity index (χ1n) is 26.8. The van der Waals surface area contributed by atoms with Crippen molar-refractivity contribution in [3.63, 3.8) is 0 Å². The summed E-state index contributed by atoms with van der Waals surface area (Å²) in [4.78, 5) is 46.2. The molecule has 13 nitrogen and oxygen atoms in total. The molecule has 1 aliphatic heterocycles. The highest BCUT2D eigenvalue weighted by Crippen LogP contribution is 2.62. The molecular weight excluding hydrogens is 942 g/mol. The third kappa shape index (κ3) is 14.1. The fraction of sp³-hybridized carbons (Fsp3) is 0.483. The molecule has 6 atom stereocenters. The lowest BCUT2D eigenvalue weighted by molar-refractivity contribution is -0.384. The molecule has 0 aromatic heterocycles. The van der Waals surface area contributed by atoms with Crippen molar-refractivity contribution in [2.24, 2.45) is 22.9 Å². The van der Waals surface area contributed by atoms with Crippen LogP contribution in [0.5, 0.6) is 17.2 Å². The average molecular weight is 1020 g/mol. The van der Waals surface area contributed by atoms with Crippen molar-refractivity contribution >= 4 is 23.6 Å². The number of aliphatic hydroxyl groups is 2. The maximum Gasteiger partial charge on any atom is 0.269 e. The van der Waals surface area contributed by atoms with Crippen molar-refractivity contribution in [3.05, 3.63) is 153 Å². The quantitative estimate of drug-likeness (QED) is 0.0163. The Labute approximate surface area is 435 Å². The Morgan fingerprint density at radius 1 is 0.878 bits per heavy atom. The van der Waals surface area contributed by atoms with Crippen LogP contribution in [-0.2, 0) is 27.5 Å². The van der Waals surface area contributed by atoms with Crippen LogP contribution in [0.2, 0.25) is 0 Å². The molecule has 1 heterocycles. The number of nitro groups is 1. The van der Waals surface area contributed by atoms with Crippen molar-refractivity contribution in [1.29, 1.82) is 0 Å². The van der Waals surface area contributed by atoms with Crippen molar-refractivity contribution in [2.45, 2.75) is 147 Å². The van der Waals surface area contributed by atoms with Gasteiger partial charge >= 0.3 is 0 Å². The second-order valence-corrected chi connectivity index (χ2v) is 20.0. The highest BCUT2D eigenvalue weighted by atomic mass is 19.1. The van der Waals surface area contributed by atoms with E-state index in [2.05, 4.69) is 19.6 Å². The van der Waals surface area contributed by atoms with E-state index in [1.807, 2.05) is 23.1 Å². The number of benzene rings is 4. The molecule has 2 N–H and O–H groups in total. The molecule has 74 heavy (non-hydrogen) atoms. The second-order valence-electron chi connectivity index (χ2n) is 20.0. The Hall–Kier alpha value is -6.22. The number of halogens is 1. The van der Waals surface area contributed by atoms with Gasteiger partial charge in [0, 0.05) is 61.8 Å². The Balaban J connectivity index is 1.39. The van der Waals surface area contributed by atoms with E-state index >= 15 is 4.79 Å². The zero-order valence-electron chi connectivity index (χ0n) is 42.9. The van der Waals surface area contributed by atoms with Gasteiger partial charge in [0.2, 0.25) is 11.7 Å². The lowest BCUT2D eigenvalue weighted by Crippen LogP contribution is -2.70. The third-order valence-corrected chi connectivity index (χ3v) is 14.9. The molecule has 0 saturated heterocycles. The number of allylic oxidation sites excluding steroid dienone is 1. The summed E-state index contributed by atoms with van der Waals surface area (Å²) in [7, 11) is 0. The minimum Gasteiger partial charge on any atom is -0.459 e. The Morgan fingerprint density at radius 2 is 1.57 bits per heavy atom. The number of nitrogens with zero attached hydrogens (tertiary/aromatic N) is 3. The summed E-state index contributed by atoms with van der Waals surface area (Å²) in [5, 5.41) is 36.6. The zero-order chi connectivity index (χ0) is 52.3. The monoisotopic (exact) mass is 1020 g/mol. The molecule has 4 aromatic rings. The predicted octanol–water partition coefficient (Wildman–Crippen LogP) is 13.1. The molecule has 0 radical (unpaired) electrons. The van der Waals surface area contributed by atoms with Crippen LogP contribution < -0.4 is 9.47 Å². The Morgan fingerprint density at radius 3 is 2.26 bits per heavy atom. The number of aliphatic hydroxyl groups excluding tert-OH is 2. The Bertz CT molecular complexity index is 2530. The first-order chi connectivity index (χ1) is 36.1. The molecule has 1 amide bonds. The molecule has 0 unspecified atom stereocenters. The maximum absolute atomic E-state index is 15.3. The van der Waals surface area contributed by atoms with Gasteiger partial charge in [-0.1, -0.05) is 113 Å². The molecule has 3 aliphatic rings. The van der Waals surface area contributed by atoms with E-state index < -0.39 is 28.5 Å². The van der Waals surface area contributed by atoms with Crippen molar-refractivity contribution in [2.75, 3.05) is 19.8 Å². The highest BCUT2D eigenvalue weighted by Gasteiger charge is 2.65. The van der Waals surface area contributed by atoms with E-state index in [9.17, 15) is 29.5 Å². The number of hydrogen-bond acceptors (Lipinski definition) is 11. The van der Waals surface area contributed by atoms with E-state index in [1.165, 1.54) is 56.4 Å². The van der Waals surface area contributed by atoms with Crippen LogP contribution in [0, 0.1) is 33.7 Å². The number of carbonyl (C=O) groups is 2. The lowest BCUT2D eigenvalue weighted by Gasteiger charge is -2.60. The minimum atomic E-state index is -1.53. The maximum atomic E-state index is 15.3. The van der Waals surface area contributed by atoms with E-state index in [-0.39, 0.29) is 75.2 Å². The van der Waals surface area contributed by atoms with Gasteiger partial charge in [-0.15, -0.1) is 6.58 Å². The highest BCUT2D eigenvalue weighted by molar-refractivity contribution is 6.03. The summed E-state index contributed by atoms with van der Waals surface area (Å²) >= 11 is 0. The number of oxime groups is 1. The average Bonchev–Trinajstić information content (AvgIpc) is 3.45. The number of unbranched alkanes of at least 4 members (excludes halogenated alkanes) is 10. The first-order valence-corrected chi connectivity index (χ1v) is 26.8. The largest absolute Gasteiger partial charge is 0.459 e. The molecule has 0 spiro atoms.